The molecule has 28 heavy (non-hydrogen) atoms. The molecular weight excluding hydrogens is 366 g/mol. The number of carbonyl (C=O) groups is 3. The van der Waals surface area contributed by atoms with Gasteiger partial charge in [0.2, 0.25) is 0 Å². The van der Waals surface area contributed by atoms with Crippen molar-refractivity contribution in [2.45, 2.75) is 13.8 Å². The Labute approximate surface area is 161 Å². The smallest absolute Gasteiger partial charge is 0.347 e. The van der Waals surface area contributed by atoms with Gasteiger partial charge in [0.1, 0.15) is 17.1 Å². The number of aryl methyl sites for hydroxylation is 1. The molecule has 0 aliphatic carbocycles. The molecule has 1 heterocycles. The molecule has 0 atom stereocenters. The molecule has 0 unspecified atom stereocenters. The van der Waals surface area contributed by atoms with Crippen LogP contribution in [0, 0.1) is 13.8 Å². The molecule has 1 N–H and O–H groups in total. The quantitative estimate of drug-likeness (QED) is 0.492. The van der Waals surface area contributed by atoms with Crippen molar-refractivity contribution in [1.82, 2.24) is 4.90 Å². The predicted octanol–water partition coefficient (Wildman–Crippen LogP) is 2.86. The summed E-state index contributed by atoms with van der Waals surface area (Å²) in [6.07, 6.45) is 0.385. The molecule has 0 bridgehead atoms. The van der Waals surface area contributed by atoms with E-state index in [0.717, 1.165) is 0 Å². The highest BCUT2D eigenvalue weighted by molar-refractivity contribution is 6.04. The van der Waals surface area contributed by atoms with E-state index in [1.807, 2.05) is 0 Å². The molecule has 8 heteroatoms. The lowest BCUT2D eigenvalue weighted by Crippen LogP contribution is -2.22. The van der Waals surface area contributed by atoms with Crippen molar-refractivity contribution in [3.63, 3.8) is 0 Å². The molecule has 0 aromatic heterocycles. The molecule has 8 nitrogen and oxygen atoms in total. The molecule has 2 aromatic rings. The van der Waals surface area contributed by atoms with Crippen molar-refractivity contribution in [3.05, 3.63) is 39.9 Å². The molecule has 0 saturated carbocycles. The first-order valence-electron chi connectivity index (χ1n) is 8.36. The summed E-state index contributed by atoms with van der Waals surface area (Å²) in [6, 6.07) is 2.76. The summed E-state index contributed by atoms with van der Waals surface area (Å²) >= 11 is 0. The number of phenolic OH excluding ortho intramolecular Hbond substituents is 1. The molecule has 1 aliphatic rings. The highest BCUT2D eigenvalue weighted by atomic mass is 16.6. The number of carbonyl (C=O) groups excluding carboxylic acids is 3. The number of methoxy groups -OCH3 is 1. The number of hydrogen-bond acceptors (Lipinski definition) is 7. The van der Waals surface area contributed by atoms with E-state index in [4.69, 9.17) is 14.2 Å². The molecular formula is C20H19NO7. The predicted molar refractivity (Wildman–Crippen MR) is 99.0 cm³/mol. The van der Waals surface area contributed by atoms with Crippen LogP contribution in [0.5, 0.6) is 28.7 Å². The first-order valence-corrected chi connectivity index (χ1v) is 8.36. The summed E-state index contributed by atoms with van der Waals surface area (Å²) in [5.74, 6) is -1.37. The third kappa shape index (κ3) is 2.83. The first kappa shape index (κ1) is 19.2. The largest absolute Gasteiger partial charge is 0.507 e. The van der Waals surface area contributed by atoms with Gasteiger partial charge in [0.05, 0.1) is 18.2 Å². The van der Waals surface area contributed by atoms with Crippen LogP contribution in [0.15, 0.2) is 12.1 Å². The minimum absolute atomic E-state index is 0.00211. The number of fused-ring (bicyclic) bond motifs is 2. The summed E-state index contributed by atoms with van der Waals surface area (Å²) in [5.41, 5.74) is 0.685. The number of aldehydes is 1. The van der Waals surface area contributed by atoms with Gasteiger partial charge in [-0.05, 0) is 31.5 Å². The average Bonchev–Trinajstić information content (AvgIpc) is 2.79. The van der Waals surface area contributed by atoms with Gasteiger partial charge in [0.25, 0.3) is 5.91 Å². The summed E-state index contributed by atoms with van der Waals surface area (Å²) in [5, 5.41) is 10.1. The van der Waals surface area contributed by atoms with Gasteiger partial charge in [-0.1, -0.05) is 0 Å². The summed E-state index contributed by atoms with van der Waals surface area (Å²) in [4.78, 5) is 38.4. The van der Waals surface area contributed by atoms with Crippen LogP contribution in [0.4, 0.5) is 0 Å². The lowest BCUT2D eigenvalue weighted by atomic mass is 10.0. The Morgan fingerprint density at radius 3 is 2.39 bits per heavy atom. The number of nitrogens with zero attached hydrogens (tertiary/aromatic N) is 1. The van der Waals surface area contributed by atoms with Crippen molar-refractivity contribution < 1.29 is 33.7 Å². The highest BCUT2D eigenvalue weighted by Gasteiger charge is 2.34. The SMILES string of the molecule is COc1cc(C(=O)N(C)C)c2c(c1C)OC(=O)c1c(C)cc(O)c(C=O)c1O2. The van der Waals surface area contributed by atoms with E-state index in [1.165, 1.54) is 24.1 Å². The third-order valence-corrected chi connectivity index (χ3v) is 4.51. The maximum Gasteiger partial charge on any atom is 0.347 e. The number of ether oxygens (including phenoxy) is 3. The zero-order valence-electron chi connectivity index (χ0n) is 16.1. The lowest BCUT2D eigenvalue weighted by molar-refractivity contribution is 0.0732. The van der Waals surface area contributed by atoms with Gasteiger partial charge < -0.3 is 24.2 Å². The van der Waals surface area contributed by atoms with Crippen molar-refractivity contribution in [3.8, 4) is 28.7 Å². The average molecular weight is 385 g/mol. The second-order valence-electron chi connectivity index (χ2n) is 6.55. The summed E-state index contributed by atoms with van der Waals surface area (Å²) in [6.45, 7) is 3.23. The van der Waals surface area contributed by atoms with Gasteiger partial charge in [-0.2, -0.15) is 0 Å². The number of esters is 1. The van der Waals surface area contributed by atoms with Gasteiger partial charge in [0.15, 0.2) is 23.5 Å². The Hall–Kier alpha value is -3.55. The van der Waals surface area contributed by atoms with Gasteiger partial charge in [-0.3, -0.25) is 9.59 Å². The molecule has 146 valence electrons. The van der Waals surface area contributed by atoms with E-state index < -0.39 is 11.9 Å². The minimum atomic E-state index is -0.769. The normalized spacial score (nSPS) is 12.1. The van der Waals surface area contributed by atoms with E-state index in [2.05, 4.69) is 0 Å². The molecule has 0 spiro atoms. The Morgan fingerprint density at radius 1 is 1.14 bits per heavy atom. The number of aromatic hydroxyl groups is 1. The van der Waals surface area contributed by atoms with E-state index in [9.17, 15) is 19.5 Å². The van der Waals surface area contributed by atoms with Gasteiger partial charge in [-0.25, -0.2) is 4.79 Å². The Kier molecular flexibility index (Phi) is 4.72. The van der Waals surface area contributed by atoms with Crippen LogP contribution >= 0.6 is 0 Å². The monoisotopic (exact) mass is 385 g/mol. The standard InChI is InChI=1S/C20H19NO7/c1-9-6-13(23)12(8-22)17-15(9)20(25)28-16-10(2)14(26-5)7-11(18(16)27-17)19(24)21(3)4/h6-8,23H,1-5H3. The Balaban J connectivity index is 2.39. The van der Waals surface area contributed by atoms with Crippen molar-refractivity contribution >= 4 is 18.2 Å². The summed E-state index contributed by atoms with van der Waals surface area (Å²) < 4.78 is 16.7. The van der Waals surface area contributed by atoms with Gasteiger partial charge in [-0.15, -0.1) is 0 Å². The van der Waals surface area contributed by atoms with Crippen LogP contribution in [0.1, 0.15) is 42.2 Å². The van der Waals surface area contributed by atoms with Crippen LogP contribution in [0.25, 0.3) is 0 Å². The maximum atomic E-state index is 12.8. The van der Waals surface area contributed by atoms with Crippen molar-refractivity contribution in [2.24, 2.45) is 0 Å². The maximum absolute atomic E-state index is 12.8. The third-order valence-electron chi connectivity index (χ3n) is 4.51. The molecule has 0 radical (unpaired) electrons. The minimum Gasteiger partial charge on any atom is -0.507 e. The second-order valence-corrected chi connectivity index (χ2v) is 6.55. The number of amides is 1. The highest BCUT2D eigenvalue weighted by Crippen LogP contribution is 2.48. The van der Waals surface area contributed by atoms with Crippen LogP contribution in [-0.4, -0.2) is 49.4 Å². The molecule has 0 saturated heterocycles. The van der Waals surface area contributed by atoms with Crippen molar-refractivity contribution in [2.75, 3.05) is 21.2 Å². The van der Waals surface area contributed by atoms with Gasteiger partial charge in [0, 0.05) is 19.7 Å². The molecule has 0 fully saturated rings. The first-order chi connectivity index (χ1) is 13.2. The molecule has 1 amide bonds. The van der Waals surface area contributed by atoms with Crippen molar-refractivity contribution in [1.29, 1.82) is 0 Å². The van der Waals surface area contributed by atoms with E-state index in [0.29, 0.717) is 23.2 Å². The molecule has 1 aliphatic heterocycles. The van der Waals surface area contributed by atoms with Gasteiger partial charge >= 0.3 is 5.97 Å². The second kappa shape index (κ2) is 6.88. The number of hydrogen-bond donors (Lipinski definition) is 1. The number of benzene rings is 2. The Morgan fingerprint density at radius 2 is 1.82 bits per heavy atom. The van der Waals surface area contributed by atoms with E-state index in [-0.39, 0.29) is 39.7 Å². The number of phenols is 1. The van der Waals surface area contributed by atoms with Crippen LogP contribution < -0.4 is 14.2 Å². The van der Waals surface area contributed by atoms with Crippen LogP contribution in [0.2, 0.25) is 0 Å². The fraction of sp³-hybridized carbons (Fsp3) is 0.250. The molecule has 3 rings (SSSR count). The lowest BCUT2D eigenvalue weighted by Gasteiger charge is -2.19. The van der Waals surface area contributed by atoms with Crippen LogP contribution in [-0.2, 0) is 0 Å². The fourth-order valence-electron chi connectivity index (χ4n) is 3.05. The van der Waals surface area contributed by atoms with E-state index >= 15 is 0 Å². The molecule has 2 aromatic carbocycles. The Bertz CT molecular complexity index is 1020. The topological polar surface area (TPSA) is 102 Å². The van der Waals surface area contributed by atoms with E-state index in [1.54, 1.807) is 27.9 Å². The number of rotatable bonds is 3. The summed E-state index contributed by atoms with van der Waals surface area (Å²) in [7, 11) is 4.55. The van der Waals surface area contributed by atoms with Crippen LogP contribution in [0.3, 0.4) is 0 Å². The zero-order valence-corrected chi connectivity index (χ0v) is 16.1. The zero-order chi connectivity index (χ0) is 20.7. The fourth-order valence-corrected chi connectivity index (χ4v) is 3.05.